The van der Waals surface area contributed by atoms with Crippen LogP contribution in [0.15, 0.2) is 24.3 Å². The van der Waals surface area contributed by atoms with E-state index in [9.17, 15) is 19.5 Å². The van der Waals surface area contributed by atoms with Gasteiger partial charge in [-0.1, -0.05) is 23.9 Å². The SMILES string of the molecule is COc1ccc(C(CC(=O)O)N2CC(CSC(C)=O)CC2=O)cc1. The summed E-state index contributed by atoms with van der Waals surface area (Å²) in [5.74, 6) is 0.314. The minimum absolute atomic E-state index is 0.0261. The number of aliphatic carboxylic acids is 1. The molecule has 1 aliphatic heterocycles. The Kier molecular flexibility index (Phi) is 6.25. The summed E-state index contributed by atoms with van der Waals surface area (Å²) in [4.78, 5) is 36.3. The number of carboxylic acid groups (broad SMARTS) is 1. The first kappa shape index (κ1) is 18.3. The van der Waals surface area contributed by atoms with Gasteiger partial charge in [0.05, 0.1) is 19.6 Å². The van der Waals surface area contributed by atoms with Crippen LogP contribution < -0.4 is 4.74 Å². The summed E-state index contributed by atoms with van der Waals surface area (Å²) in [6, 6.07) is 6.59. The lowest BCUT2D eigenvalue weighted by molar-refractivity contribution is -0.140. The van der Waals surface area contributed by atoms with Gasteiger partial charge >= 0.3 is 5.97 Å². The maximum atomic E-state index is 12.4. The number of hydrogen-bond donors (Lipinski definition) is 1. The molecule has 0 spiro atoms. The predicted octanol–water partition coefficient (Wildman–Crippen LogP) is 2.34. The number of carbonyl (C=O) groups excluding carboxylic acids is 2. The summed E-state index contributed by atoms with van der Waals surface area (Å²) in [7, 11) is 1.56. The van der Waals surface area contributed by atoms with Gasteiger partial charge in [-0.3, -0.25) is 14.4 Å². The first-order chi connectivity index (χ1) is 11.4. The third-order valence-corrected chi connectivity index (χ3v) is 5.05. The highest BCUT2D eigenvalue weighted by molar-refractivity contribution is 8.13. The number of nitrogens with zero attached hydrogens (tertiary/aromatic N) is 1. The molecule has 2 atom stereocenters. The number of thioether (sulfide) groups is 1. The molecule has 0 aliphatic carbocycles. The number of hydrogen-bond acceptors (Lipinski definition) is 5. The number of likely N-dealkylation sites (tertiary alicyclic amines) is 1. The maximum Gasteiger partial charge on any atom is 0.305 e. The second-order valence-electron chi connectivity index (χ2n) is 5.81. The lowest BCUT2D eigenvalue weighted by atomic mass is 10.0. The van der Waals surface area contributed by atoms with Crippen molar-refractivity contribution >= 4 is 28.8 Å². The van der Waals surface area contributed by atoms with Crippen LogP contribution in [0.3, 0.4) is 0 Å². The van der Waals surface area contributed by atoms with Crippen LogP contribution in [0, 0.1) is 5.92 Å². The van der Waals surface area contributed by atoms with Gasteiger partial charge in [-0.2, -0.15) is 0 Å². The van der Waals surface area contributed by atoms with E-state index < -0.39 is 12.0 Å². The molecular weight excluding hydrogens is 330 g/mol. The van der Waals surface area contributed by atoms with Crippen LogP contribution in [0.25, 0.3) is 0 Å². The molecule has 7 heteroatoms. The van der Waals surface area contributed by atoms with Gasteiger partial charge in [-0.05, 0) is 23.6 Å². The topological polar surface area (TPSA) is 83.9 Å². The van der Waals surface area contributed by atoms with Crippen molar-refractivity contribution in [2.75, 3.05) is 19.4 Å². The fourth-order valence-corrected chi connectivity index (χ4v) is 3.55. The number of amides is 1. The van der Waals surface area contributed by atoms with E-state index in [0.717, 1.165) is 5.56 Å². The average molecular weight is 351 g/mol. The molecule has 6 nitrogen and oxygen atoms in total. The monoisotopic (exact) mass is 351 g/mol. The molecule has 24 heavy (non-hydrogen) atoms. The largest absolute Gasteiger partial charge is 0.497 e. The van der Waals surface area contributed by atoms with Gasteiger partial charge in [0.15, 0.2) is 5.12 Å². The van der Waals surface area contributed by atoms with E-state index in [0.29, 0.717) is 24.5 Å². The minimum atomic E-state index is -0.954. The second kappa shape index (κ2) is 8.19. The normalized spacial score (nSPS) is 18.5. The van der Waals surface area contributed by atoms with Gasteiger partial charge < -0.3 is 14.7 Å². The van der Waals surface area contributed by atoms with Crippen LogP contribution in [-0.2, 0) is 14.4 Å². The third-order valence-electron chi connectivity index (χ3n) is 4.01. The third kappa shape index (κ3) is 4.74. The molecule has 0 bridgehead atoms. The predicted molar refractivity (Wildman–Crippen MR) is 90.9 cm³/mol. The van der Waals surface area contributed by atoms with Gasteiger partial charge in [-0.25, -0.2) is 0 Å². The molecule has 0 aromatic heterocycles. The van der Waals surface area contributed by atoms with E-state index in [1.54, 1.807) is 36.3 Å². The molecule has 1 aromatic rings. The molecule has 1 aliphatic rings. The molecule has 0 radical (unpaired) electrons. The molecule has 1 saturated heterocycles. The zero-order valence-electron chi connectivity index (χ0n) is 13.7. The Balaban J connectivity index is 2.16. The smallest absolute Gasteiger partial charge is 0.305 e. The number of carboxylic acids is 1. The standard InChI is InChI=1S/C17H21NO5S/c1-11(19)24-10-12-7-16(20)18(9-12)15(8-17(21)22)13-3-5-14(23-2)6-4-13/h3-6,12,15H,7-10H2,1-2H3,(H,21,22). The number of benzene rings is 1. The fourth-order valence-electron chi connectivity index (χ4n) is 2.86. The maximum absolute atomic E-state index is 12.4. The summed E-state index contributed by atoms with van der Waals surface area (Å²) in [6.07, 6.45) is 0.206. The Labute approximate surface area is 145 Å². The van der Waals surface area contributed by atoms with Gasteiger partial charge in [0, 0.05) is 25.6 Å². The average Bonchev–Trinajstić information content (AvgIpc) is 2.91. The number of rotatable bonds is 7. The van der Waals surface area contributed by atoms with Gasteiger partial charge in [0.25, 0.3) is 0 Å². The van der Waals surface area contributed by atoms with Crippen LogP contribution in [0.5, 0.6) is 5.75 Å². The van der Waals surface area contributed by atoms with Gasteiger partial charge in [0.1, 0.15) is 5.75 Å². The second-order valence-corrected chi connectivity index (χ2v) is 7.00. The van der Waals surface area contributed by atoms with Crippen molar-refractivity contribution in [1.29, 1.82) is 0 Å². The summed E-state index contributed by atoms with van der Waals surface area (Å²) in [5, 5.41) is 9.25. The molecule has 1 fully saturated rings. The Morgan fingerprint density at radius 2 is 2.04 bits per heavy atom. The quantitative estimate of drug-likeness (QED) is 0.812. The van der Waals surface area contributed by atoms with E-state index in [4.69, 9.17) is 4.74 Å². The lowest BCUT2D eigenvalue weighted by Crippen LogP contribution is -2.32. The van der Waals surface area contributed by atoms with E-state index in [-0.39, 0.29) is 23.4 Å². The summed E-state index contributed by atoms with van der Waals surface area (Å²) in [5.41, 5.74) is 0.770. The van der Waals surface area contributed by atoms with Crippen LogP contribution in [0.1, 0.15) is 31.4 Å². The van der Waals surface area contributed by atoms with Crippen LogP contribution >= 0.6 is 11.8 Å². The first-order valence-electron chi connectivity index (χ1n) is 7.69. The molecular formula is C17H21NO5S. The molecule has 1 aromatic carbocycles. The number of methoxy groups -OCH3 is 1. The number of carbonyl (C=O) groups is 3. The number of ether oxygens (including phenoxy) is 1. The van der Waals surface area contributed by atoms with Crippen molar-refractivity contribution in [1.82, 2.24) is 4.90 Å². The van der Waals surface area contributed by atoms with Gasteiger partial charge in [0.2, 0.25) is 5.91 Å². The molecule has 1 N–H and O–H groups in total. The summed E-state index contributed by atoms with van der Waals surface area (Å²) < 4.78 is 5.12. The molecule has 2 rings (SSSR count). The zero-order valence-corrected chi connectivity index (χ0v) is 14.5. The van der Waals surface area contributed by atoms with Gasteiger partial charge in [-0.15, -0.1) is 0 Å². The highest BCUT2D eigenvalue weighted by Crippen LogP contribution is 2.33. The fraction of sp³-hybridized carbons (Fsp3) is 0.471. The van der Waals surface area contributed by atoms with Crippen molar-refractivity contribution in [3.05, 3.63) is 29.8 Å². The minimum Gasteiger partial charge on any atom is -0.497 e. The first-order valence-corrected chi connectivity index (χ1v) is 8.67. The van der Waals surface area contributed by atoms with E-state index in [2.05, 4.69) is 0 Å². The van der Waals surface area contributed by atoms with Crippen LogP contribution in [0.2, 0.25) is 0 Å². The molecule has 0 saturated carbocycles. The van der Waals surface area contributed by atoms with Crippen molar-refractivity contribution in [3.8, 4) is 5.75 Å². The highest BCUT2D eigenvalue weighted by atomic mass is 32.2. The van der Waals surface area contributed by atoms with Crippen molar-refractivity contribution < 1.29 is 24.2 Å². The molecule has 1 amide bonds. The Bertz CT molecular complexity index is 616. The Morgan fingerprint density at radius 1 is 1.38 bits per heavy atom. The van der Waals surface area contributed by atoms with E-state index in [1.807, 2.05) is 0 Å². The Hall–Kier alpha value is -2.02. The lowest BCUT2D eigenvalue weighted by Gasteiger charge is -2.27. The van der Waals surface area contributed by atoms with Crippen molar-refractivity contribution in [2.45, 2.75) is 25.8 Å². The molecule has 1 heterocycles. The highest BCUT2D eigenvalue weighted by Gasteiger charge is 2.36. The Morgan fingerprint density at radius 3 is 2.58 bits per heavy atom. The van der Waals surface area contributed by atoms with Crippen molar-refractivity contribution in [3.63, 3.8) is 0 Å². The van der Waals surface area contributed by atoms with E-state index in [1.165, 1.54) is 18.7 Å². The summed E-state index contributed by atoms with van der Waals surface area (Å²) >= 11 is 1.21. The molecule has 2 unspecified atom stereocenters. The summed E-state index contributed by atoms with van der Waals surface area (Å²) in [6.45, 7) is 1.98. The zero-order chi connectivity index (χ0) is 17.7. The van der Waals surface area contributed by atoms with Crippen LogP contribution in [-0.4, -0.2) is 46.4 Å². The van der Waals surface area contributed by atoms with Crippen molar-refractivity contribution in [2.24, 2.45) is 5.92 Å². The van der Waals surface area contributed by atoms with Crippen LogP contribution in [0.4, 0.5) is 0 Å². The van der Waals surface area contributed by atoms with E-state index >= 15 is 0 Å². The molecule has 130 valence electrons.